The van der Waals surface area contributed by atoms with E-state index in [1.54, 1.807) is 0 Å². The molecular weight excluding hydrogens is 177 g/mol. The number of hydrogen-bond donors (Lipinski definition) is 2. The predicted molar refractivity (Wildman–Crippen MR) is 56.5 cm³/mol. The van der Waals surface area contributed by atoms with Gasteiger partial charge >= 0.3 is 7.12 Å². The SMILES string of the molecule is CNCCc1ccc2c(c1)COB2O. The zero-order valence-corrected chi connectivity index (χ0v) is 8.29. The maximum absolute atomic E-state index is 9.41. The first-order valence-electron chi connectivity index (χ1n) is 4.87. The van der Waals surface area contributed by atoms with Gasteiger partial charge in [-0.05, 0) is 36.6 Å². The van der Waals surface area contributed by atoms with Crippen molar-refractivity contribution in [1.29, 1.82) is 0 Å². The molecule has 2 N–H and O–H groups in total. The number of nitrogens with one attached hydrogen (secondary N) is 1. The van der Waals surface area contributed by atoms with Crippen molar-refractivity contribution in [3.8, 4) is 0 Å². The van der Waals surface area contributed by atoms with E-state index in [9.17, 15) is 5.02 Å². The van der Waals surface area contributed by atoms with Gasteiger partial charge in [0.1, 0.15) is 0 Å². The molecule has 0 amide bonds. The summed E-state index contributed by atoms with van der Waals surface area (Å²) in [5, 5.41) is 12.5. The summed E-state index contributed by atoms with van der Waals surface area (Å²) in [4.78, 5) is 0. The third kappa shape index (κ3) is 1.82. The normalized spacial score (nSPS) is 14.6. The first kappa shape index (κ1) is 9.71. The molecule has 0 saturated heterocycles. The standard InChI is InChI=1S/C10H14BNO2/c1-12-5-4-8-2-3-10-9(6-8)7-14-11(10)13/h2-3,6,12-13H,4-5,7H2,1H3. The van der Waals surface area contributed by atoms with Gasteiger partial charge < -0.3 is 15.0 Å². The third-order valence-electron chi connectivity index (χ3n) is 2.53. The monoisotopic (exact) mass is 191 g/mol. The molecule has 1 heterocycles. The molecule has 0 atom stereocenters. The number of rotatable bonds is 3. The lowest BCUT2D eigenvalue weighted by atomic mass is 9.79. The molecule has 1 aromatic carbocycles. The molecule has 1 aromatic rings. The zero-order valence-electron chi connectivity index (χ0n) is 8.29. The second-order valence-electron chi connectivity index (χ2n) is 3.55. The van der Waals surface area contributed by atoms with Crippen LogP contribution in [0.5, 0.6) is 0 Å². The first-order chi connectivity index (χ1) is 6.81. The van der Waals surface area contributed by atoms with Crippen molar-refractivity contribution in [2.45, 2.75) is 13.0 Å². The largest absolute Gasteiger partial charge is 0.491 e. The molecule has 1 aliphatic rings. The fraction of sp³-hybridized carbons (Fsp3) is 0.400. The van der Waals surface area contributed by atoms with Crippen molar-refractivity contribution in [3.05, 3.63) is 29.3 Å². The molecule has 3 nitrogen and oxygen atoms in total. The fourth-order valence-corrected chi connectivity index (χ4v) is 1.71. The lowest BCUT2D eigenvalue weighted by Crippen LogP contribution is -2.27. The summed E-state index contributed by atoms with van der Waals surface area (Å²) in [7, 11) is 1.23. The third-order valence-corrected chi connectivity index (χ3v) is 2.53. The molecule has 0 bridgehead atoms. The summed E-state index contributed by atoms with van der Waals surface area (Å²) in [5.74, 6) is 0. The average Bonchev–Trinajstić information content (AvgIpc) is 2.57. The van der Waals surface area contributed by atoms with Gasteiger partial charge in [-0.15, -0.1) is 0 Å². The highest BCUT2D eigenvalue weighted by atomic mass is 16.5. The molecule has 0 fully saturated rings. The minimum absolute atomic E-state index is 0.532. The second kappa shape index (κ2) is 4.13. The number of hydrogen-bond acceptors (Lipinski definition) is 3. The topological polar surface area (TPSA) is 41.5 Å². The van der Waals surface area contributed by atoms with Crippen LogP contribution in [-0.4, -0.2) is 25.7 Å². The summed E-state index contributed by atoms with van der Waals surface area (Å²) in [6.45, 7) is 1.51. The van der Waals surface area contributed by atoms with Crippen molar-refractivity contribution >= 4 is 12.6 Å². The van der Waals surface area contributed by atoms with Crippen LogP contribution in [0.3, 0.4) is 0 Å². The Bertz CT molecular complexity index is 330. The molecule has 0 spiro atoms. The van der Waals surface area contributed by atoms with Crippen LogP contribution in [0.15, 0.2) is 18.2 Å². The van der Waals surface area contributed by atoms with E-state index in [1.165, 1.54) is 5.56 Å². The molecule has 4 heteroatoms. The van der Waals surface area contributed by atoms with Crippen LogP contribution < -0.4 is 10.8 Å². The summed E-state index contributed by atoms with van der Waals surface area (Å²) >= 11 is 0. The van der Waals surface area contributed by atoms with E-state index < -0.39 is 7.12 Å². The second-order valence-corrected chi connectivity index (χ2v) is 3.55. The lowest BCUT2D eigenvalue weighted by Gasteiger charge is -2.03. The minimum Gasteiger partial charge on any atom is -0.423 e. The lowest BCUT2D eigenvalue weighted by molar-refractivity contribution is 0.275. The van der Waals surface area contributed by atoms with E-state index in [1.807, 2.05) is 19.2 Å². The van der Waals surface area contributed by atoms with Gasteiger partial charge in [0.05, 0.1) is 6.61 Å². The Morgan fingerprint density at radius 3 is 3.21 bits per heavy atom. The molecule has 0 aromatic heterocycles. The Morgan fingerprint density at radius 2 is 2.43 bits per heavy atom. The summed E-state index contributed by atoms with van der Waals surface area (Å²) < 4.78 is 5.12. The molecular formula is C10H14BNO2. The summed E-state index contributed by atoms with van der Waals surface area (Å²) in [5.41, 5.74) is 3.32. The highest BCUT2D eigenvalue weighted by Crippen LogP contribution is 2.11. The van der Waals surface area contributed by atoms with Crippen LogP contribution in [0.4, 0.5) is 0 Å². The van der Waals surface area contributed by atoms with Gasteiger partial charge in [0.25, 0.3) is 0 Å². The smallest absolute Gasteiger partial charge is 0.423 e. The molecule has 1 aliphatic heterocycles. The van der Waals surface area contributed by atoms with E-state index in [0.29, 0.717) is 6.61 Å². The predicted octanol–water partition coefficient (Wildman–Crippen LogP) is -0.334. The fourth-order valence-electron chi connectivity index (χ4n) is 1.71. The Labute approximate surface area is 84.2 Å². The van der Waals surface area contributed by atoms with Crippen LogP contribution in [0.25, 0.3) is 0 Å². The van der Waals surface area contributed by atoms with Gasteiger partial charge in [-0.3, -0.25) is 0 Å². The van der Waals surface area contributed by atoms with Crippen molar-refractivity contribution < 1.29 is 9.68 Å². The quantitative estimate of drug-likeness (QED) is 0.642. The Hall–Kier alpha value is -0.835. The molecule has 0 aliphatic carbocycles. The number of benzene rings is 1. The Kier molecular flexibility index (Phi) is 2.86. The van der Waals surface area contributed by atoms with Crippen LogP contribution in [-0.2, 0) is 17.7 Å². The van der Waals surface area contributed by atoms with E-state index in [-0.39, 0.29) is 0 Å². The Balaban J connectivity index is 2.15. The summed E-state index contributed by atoms with van der Waals surface area (Å²) in [6.07, 6.45) is 1.01. The first-order valence-corrected chi connectivity index (χ1v) is 4.87. The molecule has 0 radical (unpaired) electrons. The van der Waals surface area contributed by atoms with Crippen molar-refractivity contribution in [1.82, 2.24) is 5.32 Å². The molecule has 0 unspecified atom stereocenters. The van der Waals surface area contributed by atoms with Crippen molar-refractivity contribution in [2.75, 3.05) is 13.6 Å². The van der Waals surface area contributed by atoms with Crippen molar-refractivity contribution in [2.24, 2.45) is 0 Å². The minimum atomic E-state index is -0.719. The maximum atomic E-state index is 9.41. The van der Waals surface area contributed by atoms with Gasteiger partial charge in [-0.2, -0.15) is 0 Å². The van der Waals surface area contributed by atoms with Gasteiger partial charge in [0.2, 0.25) is 0 Å². The van der Waals surface area contributed by atoms with Crippen LogP contribution in [0.1, 0.15) is 11.1 Å². The van der Waals surface area contributed by atoms with E-state index in [2.05, 4.69) is 11.4 Å². The molecule has 2 rings (SSSR count). The van der Waals surface area contributed by atoms with Crippen LogP contribution in [0, 0.1) is 0 Å². The van der Waals surface area contributed by atoms with Gasteiger partial charge in [0, 0.05) is 0 Å². The Morgan fingerprint density at radius 1 is 1.57 bits per heavy atom. The molecule has 74 valence electrons. The van der Waals surface area contributed by atoms with Gasteiger partial charge in [0.15, 0.2) is 0 Å². The average molecular weight is 191 g/mol. The maximum Gasteiger partial charge on any atom is 0.491 e. The van der Waals surface area contributed by atoms with Crippen LogP contribution in [0.2, 0.25) is 0 Å². The highest BCUT2D eigenvalue weighted by Gasteiger charge is 2.26. The molecule has 0 saturated carbocycles. The van der Waals surface area contributed by atoms with Crippen molar-refractivity contribution in [3.63, 3.8) is 0 Å². The number of fused-ring (bicyclic) bond motifs is 1. The van der Waals surface area contributed by atoms with Gasteiger partial charge in [-0.25, -0.2) is 0 Å². The van der Waals surface area contributed by atoms with E-state index in [4.69, 9.17) is 4.65 Å². The van der Waals surface area contributed by atoms with E-state index >= 15 is 0 Å². The summed E-state index contributed by atoms with van der Waals surface area (Å²) in [6, 6.07) is 6.12. The zero-order chi connectivity index (χ0) is 9.97. The van der Waals surface area contributed by atoms with Crippen LogP contribution >= 0.6 is 0 Å². The number of likely N-dealkylation sites (N-methyl/N-ethyl adjacent to an activating group) is 1. The van der Waals surface area contributed by atoms with Gasteiger partial charge in [-0.1, -0.05) is 18.2 Å². The highest BCUT2D eigenvalue weighted by molar-refractivity contribution is 6.61. The molecule has 14 heavy (non-hydrogen) atoms. The van der Waals surface area contributed by atoms with E-state index in [0.717, 1.165) is 24.0 Å².